The van der Waals surface area contributed by atoms with Crippen LogP contribution in [0.15, 0.2) is 29.3 Å². The fourth-order valence-electron chi connectivity index (χ4n) is 4.02. The van der Waals surface area contributed by atoms with Crippen LogP contribution in [0.4, 0.5) is 4.39 Å². The number of nitrogens with zero attached hydrogens (tertiary/aromatic N) is 3. The van der Waals surface area contributed by atoms with E-state index in [9.17, 15) is 4.39 Å². The van der Waals surface area contributed by atoms with Gasteiger partial charge in [-0.3, -0.25) is 9.89 Å². The Morgan fingerprint density at radius 2 is 1.86 bits per heavy atom. The van der Waals surface area contributed by atoms with Gasteiger partial charge in [0.05, 0.1) is 25.4 Å². The van der Waals surface area contributed by atoms with Gasteiger partial charge in [-0.1, -0.05) is 12.1 Å². The molecule has 3 rings (SSSR count). The van der Waals surface area contributed by atoms with Gasteiger partial charge in [-0.05, 0) is 37.5 Å². The summed E-state index contributed by atoms with van der Waals surface area (Å²) in [6.45, 7) is 8.67. The Kier molecular flexibility index (Phi) is 10.6. The van der Waals surface area contributed by atoms with Gasteiger partial charge in [0.2, 0.25) is 0 Å². The zero-order chi connectivity index (χ0) is 19.8. The average molecular weight is 520 g/mol. The third kappa shape index (κ3) is 7.04. The van der Waals surface area contributed by atoms with Gasteiger partial charge in [-0.25, -0.2) is 4.39 Å². The molecular weight excluding hydrogens is 486 g/mol. The molecule has 2 saturated heterocycles. The molecule has 6 nitrogen and oxygen atoms in total. The topological polar surface area (TPSA) is 49.3 Å². The minimum absolute atomic E-state index is 0. The van der Waals surface area contributed by atoms with Crippen LogP contribution in [0.5, 0.6) is 0 Å². The first-order valence-corrected chi connectivity index (χ1v) is 10.4. The highest BCUT2D eigenvalue weighted by molar-refractivity contribution is 14.0. The van der Waals surface area contributed by atoms with Crippen molar-refractivity contribution in [1.82, 2.24) is 15.1 Å². The standard InChI is InChI=1S/C21H33FN4O2.HI/c1-3-28-19-8-10-26(11-9-19)21(23-2)24-16-20(25-12-14-27-15-13-25)17-4-6-18(22)7-5-17;/h4-7,19-20H,3,8-16H2,1-2H3,(H,23,24);1H. The molecule has 0 saturated carbocycles. The maximum atomic E-state index is 13.4. The highest BCUT2D eigenvalue weighted by Crippen LogP contribution is 2.22. The minimum Gasteiger partial charge on any atom is -0.379 e. The van der Waals surface area contributed by atoms with Gasteiger partial charge in [0, 0.05) is 46.4 Å². The second-order valence-electron chi connectivity index (χ2n) is 7.29. The molecule has 1 N–H and O–H groups in total. The lowest BCUT2D eigenvalue weighted by molar-refractivity contribution is 0.0163. The zero-order valence-electron chi connectivity index (χ0n) is 17.5. The summed E-state index contributed by atoms with van der Waals surface area (Å²) in [7, 11) is 1.83. The summed E-state index contributed by atoms with van der Waals surface area (Å²) in [4.78, 5) is 9.20. The second kappa shape index (κ2) is 12.7. The fourth-order valence-corrected chi connectivity index (χ4v) is 4.02. The third-order valence-electron chi connectivity index (χ3n) is 5.55. The Balaban J connectivity index is 0.00000300. The van der Waals surface area contributed by atoms with Crippen LogP contribution >= 0.6 is 24.0 Å². The van der Waals surface area contributed by atoms with Crippen LogP contribution in [-0.2, 0) is 9.47 Å². The Labute approximate surface area is 190 Å². The highest BCUT2D eigenvalue weighted by atomic mass is 127. The predicted octanol–water partition coefficient (Wildman–Crippen LogP) is 2.89. The van der Waals surface area contributed by atoms with Crippen molar-refractivity contribution in [3.8, 4) is 0 Å². The van der Waals surface area contributed by atoms with E-state index < -0.39 is 0 Å². The SMILES string of the molecule is CCOC1CCN(C(=NC)NCC(c2ccc(F)cc2)N2CCOCC2)CC1.I. The van der Waals surface area contributed by atoms with Crippen LogP contribution in [0.1, 0.15) is 31.4 Å². The van der Waals surface area contributed by atoms with Crippen molar-refractivity contribution in [1.29, 1.82) is 0 Å². The number of ether oxygens (including phenoxy) is 2. The van der Waals surface area contributed by atoms with Gasteiger partial charge in [0.1, 0.15) is 5.82 Å². The summed E-state index contributed by atoms with van der Waals surface area (Å²) in [6, 6.07) is 7.00. The number of nitrogens with one attached hydrogen (secondary N) is 1. The van der Waals surface area contributed by atoms with E-state index in [0.717, 1.165) is 76.9 Å². The van der Waals surface area contributed by atoms with Crippen molar-refractivity contribution in [3.63, 3.8) is 0 Å². The van der Waals surface area contributed by atoms with E-state index in [0.29, 0.717) is 6.10 Å². The first-order valence-electron chi connectivity index (χ1n) is 10.4. The van der Waals surface area contributed by atoms with Gasteiger partial charge in [-0.15, -0.1) is 24.0 Å². The Morgan fingerprint density at radius 1 is 1.21 bits per heavy atom. The molecule has 29 heavy (non-hydrogen) atoms. The van der Waals surface area contributed by atoms with Crippen LogP contribution in [0.2, 0.25) is 0 Å². The molecule has 0 radical (unpaired) electrons. The lowest BCUT2D eigenvalue weighted by atomic mass is 10.0. The highest BCUT2D eigenvalue weighted by Gasteiger charge is 2.25. The first-order chi connectivity index (χ1) is 13.7. The van der Waals surface area contributed by atoms with E-state index in [1.807, 2.05) is 26.1 Å². The number of hydrogen-bond acceptors (Lipinski definition) is 4. The third-order valence-corrected chi connectivity index (χ3v) is 5.55. The van der Waals surface area contributed by atoms with Crippen LogP contribution in [0.25, 0.3) is 0 Å². The van der Waals surface area contributed by atoms with Crippen LogP contribution < -0.4 is 5.32 Å². The molecule has 164 valence electrons. The number of aliphatic imine (C=N–C) groups is 1. The maximum Gasteiger partial charge on any atom is 0.193 e. The summed E-state index contributed by atoms with van der Waals surface area (Å²) in [6.07, 6.45) is 2.42. The summed E-state index contributed by atoms with van der Waals surface area (Å²) in [5, 5.41) is 3.56. The molecule has 2 fully saturated rings. The van der Waals surface area contributed by atoms with Crippen molar-refractivity contribution in [2.75, 3.05) is 59.6 Å². The van der Waals surface area contributed by atoms with Crippen LogP contribution in [0, 0.1) is 5.82 Å². The lowest BCUT2D eigenvalue weighted by Gasteiger charge is -2.37. The number of guanidine groups is 1. The molecule has 2 aliphatic heterocycles. The van der Waals surface area contributed by atoms with E-state index in [2.05, 4.69) is 20.1 Å². The molecule has 8 heteroatoms. The van der Waals surface area contributed by atoms with E-state index in [4.69, 9.17) is 9.47 Å². The van der Waals surface area contributed by atoms with Crippen molar-refractivity contribution in [2.24, 2.45) is 4.99 Å². The number of piperidine rings is 1. The smallest absolute Gasteiger partial charge is 0.193 e. The van der Waals surface area contributed by atoms with Gasteiger partial charge >= 0.3 is 0 Å². The molecule has 2 aliphatic rings. The number of morpholine rings is 1. The average Bonchev–Trinajstić information content (AvgIpc) is 2.74. The summed E-state index contributed by atoms with van der Waals surface area (Å²) >= 11 is 0. The zero-order valence-corrected chi connectivity index (χ0v) is 19.8. The van der Waals surface area contributed by atoms with E-state index in [1.54, 1.807) is 0 Å². The summed E-state index contributed by atoms with van der Waals surface area (Å²) in [5.41, 5.74) is 1.11. The lowest BCUT2D eigenvalue weighted by Crippen LogP contribution is -2.50. The van der Waals surface area contributed by atoms with Gasteiger partial charge in [-0.2, -0.15) is 0 Å². The molecule has 0 spiro atoms. The van der Waals surface area contributed by atoms with Crippen molar-refractivity contribution in [3.05, 3.63) is 35.6 Å². The number of benzene rings is 1. The van der Waals surface area contributed by atoms with Crippen LogP contribution in [-0.4, -0.2) is 81.5 Å². The molecule has 0 aromatic heterocycles. The van der Waals surface area contributed by atoms with Crippen molar-refractivity contribution < 1.29 is 13.9 Å². The molecule has 0 amide bonds. The number of rotatable bonds is 6. The van der Waals surface area contributed by atoms with Crippen LogP contribution in [0.3, 0.4) is 0 Å². The number of halogens is 2. The predicted molar refractivity (Wildman–Crippen MR) is 125 cm³/mol. The molecule has 1 aromatic rings. The fraction of sp³-hybridized carbons (Fsp3) is 0.667. The molecule has 1 unspecified atom stereocenters. The van der Waals surface area contributed by atoms with Crippen molar-refractivity contribution >= 4 is 29.9 Å². The molecule has 1 aromatic carbocycles. The first kappa shape index (κ1) is 24.3. The Bertz CT molecular complexity index is 618. The Hall–Kier alpha value is -0.970. The monoisotopic (exact) mass is 520 g/mol. The molecule has 0 aliphatic carbocycles. The molecular formula is C21H34FIN4O2. The van der Waals surface area contributed by atoms with Gasteiger partial charge in [0.15, 0.2) is 5.96 Å². The molecule has 0 bridgehead atoms. The minimum atomic E-state index is -0.203. The molecule has 1 atom stereocenters. The number of hydrogen-bond donors (Lipinski definition) is 1. The van der Waals surface area contributed by atoms with Crippen molar-refractivity contribution in [2.45, 2.75) is 31.9 Å². The maximum absolute atomic E-state index is 13.4. The quantitative estimate of drug-likeness (QED) is 0.355. The number of likely N-dealkylation sites (tertiary alicyclic amines) is 1. The van der Waals surface area contributed by atoms with E-state index in [-0.39, 0.29) is 35.8 Å². The van der Waals surface area contributed by atoms with Gasteiger partial charge in [0.25, 0.3) is 0 Å². The largest absolute Gasteiger partial charge is 0.379 e. The summed E-state index contributed by atoms with van der Waals surface area (Å²) in [5.74, 6) is 0.723. The molecule has 2 heterocycles. The van der Waals surface area contributed by atoms with E-state index >= 15 is 0 Å². The van der Waals surface area contributed by atoms with E-state index in [1.165, 1.54) is 12.1 Å². The normalized spacial score (nSPS) is 20.2. The van der Waals surface area contributed by atoms with Gasteiger partial charge < -0.3 is 19.7 Å². The summed E-state index contributed by atoms with van der Waals surface area (Å²) < 4.78 is 24.7. The second-order valence-corrected chi connectivity index (χ2v) is 7.29. The Morgan fingerprint density at radius 3 is 2.45 bits per heavy atom.